The van der Waals surface area contributed by atoms with E-state index in [1.165, 1.54) is 0 Å². The van der Waals surface area contributed by atoms with Gasteiger partial charge in [-0.25, -0.2) is 0 Å². The second kappa shape index (κ2) is 6.80. The van der Waals surface area contributed by atoms with Crippen LogP contribution in [0.2, 0.25) is 0 Å². The first-order valence-electron chi connectivity index (χ1n) is 5.55. The highest BCUT2D eigenvalue weighted by molar-refractivity contribution is 5.81. The van der Waals surface area contributed by atoms with Crippen molar-refractivity contribution in [2.45, 2.75) is 26.3 Å². The molecule has 0 aromatic heterocycles. The highest BCUT2D eigenvalue weighted by Gasteiger charge is 2.22. The predicted octanol–water partition coefficient (Wildman–Crippen LogP) is 0.380. The Morgan fingerprint density at radius 1 is 1.27 bits per heavy atom. The summed E-state index contributed by atoms with van der Waals surface area (Å²) >= 11 is 0. The first kappa shape index (κ1) is 14.4. The van der Waals surface area contributed by atoms with Gasteiger partial charge in [0.2, 0.25) is 5.91 Å². The van der Waals surface area contributed by atoms with Crippen LogP contribution in [0.4, 0.5) is 0 Å². The van der Waals surface area contributed by atoms with E-state index in [0.29, 0.717) is 0 Å². The van der Waals surface area contributed by atoms with E-state index < -0.39 is 0 Å². The highest BCUT2D eigenvalue weighted by atomic mass is 16.2. The standard InChI is InChI=1S/C11H25N3O/c1-6-9(2)10(12)11(15)14(5)8-7-13(3)4/h9-10H,6-8,12H2,1-5H3/t9?,10-/m0/s1. The number of likely N-dealkylation sites (N-methyl/N-ethyl adjacent to an activating group) is 2. The molecule has 1 amide bonds. The number of rotatable bonds is 6. The summed E-state index contributed by atoms with van der Waals surface area (Å²) in [7, 11) is 5.80. The molecule has 90 valence electrons. The van der Waals surface area contributed by atoms with Gasteiger partial charge in [-0.1, -0.05) is 20.3 Å². The molecule has 0 aliphatic carbocycles. The molecule has 4 nitrogen and oxygen atoms in total. The molecule has 0 radical (unpaired) electrons. The van der Waals surface area contributed by atoms with Crippen LogP contribution in [-0.2, 0) is 4.79 Å². The van der Waals surface area contributed by atoms with E-state index in [9.17, 15) is 4.79 Å². The Morgan fingerprint density at radius 2 is 1.80 bits per heavy atom. The number of hydrogen-bond acceptors (Lipinski definition) is 3. The van der Waals surface area contributed by atoms with E-state index in [2.05, 4.69) is 11.8 Å². The lowest BCUT2D eigenvalue weighted by Crippen LogP contribution is -2.47. The van der Waals surface area contributed by atoms with Crippen LogP contribution in [0, 0.1) is 5.92 Å². The summed E-state index contributed by atoms with van der Waals surface area (Å²) in [5, 5.41) is 0. The fourth-order valence-electron chi connectivity index (χ4n) is 1.21. The fraction of sp³-hybridized carbons (Fsp3) is 0.909. The van der Waals surface area contributed by atoms with Crippen LogP contribution in [-0.4, -0.2) is 56.0 Å². The van der Waals surface area contributed by atoms with Crippen LogP contribution in [0.5, 0.6) is 0 Å². The zero-order valence-electron chi connectivity index (χ0n) is 10.7. The van der Waals surface area contributed by atoms with E-state index >= 15 is 0 Å². The molecule has 15 heavy (non-hydrogen) atoms. The summed E-state index contributed by atoms with van der Waals surface area (Å²) in [6.45, 7) is 5.67. The van der Waals surface area contributed by atoms with Crippen molar-refractivity contribution in [3.05, 3.63) is 0 Å². The minimum absolute atomic E-state index is 0.0474. The third-order valence-electron chi connectivity index (χ3n) is 2.80. The molecule has 0 aliphatic heterocycles. The number of nitrogens with zero attached hydrogens (tertiary/aromatic N) is 2. The van der Waals surface area contributed by atoms with Crippen molar-refractivity contribution in [1.29, 1.82) is 0 Å². The zero-order chi connectivity index (χ0) is 12.0. The van der Waals surface area contributed by atoms with Gasteiger partial charge in [0.25, 0.3) is 0 Å². The third-order valence-corrected chi connectivity index (χ3v) is 2.80. The van der Waals surface area contributed by atoms with Crippen LogP contribution >= 0.6 is 0 Å². The Morgan fingerprint density at radius 3 is 2.20 bits per heavy atom. The van der Waals surface area contributed by atoms with Gasteiger partial charge in [-0.3, -0.25) is 4.79 Å². The Hall–Kier alpha value is -0.610. The average Bonchev–Trinajstić information content (AvgIpc) is 2.22. The van der Waals surface area contributed by atoms with Crippen molar-refractivity contribution in [2.24, 2.45) is 11.7 Å². The van der Waals surface area contributed by atoms with E-state index in [-0.39, 0.29) is 17.9 Å². The monoisotopic (exact) mass is 215 g/mol. The molecule has 0 aliphatic rings. The normalized spacial score (nSPS) is 15.1. The largest absolute Gasteiger partial charge is 0.343 e. The van der Waals surface area contributed by atoms with Gasteiger partial charge in [0, 0.05) is 20.1 Å². The van der Waals surface area contributed by atoms with Gasteiger partial charge in [-0.15, -0.1) is 0 Å². The Labute approximate surface area is 93.4 Å². The fourth-order valence-corrected chi connectivity index (χ4v) is 1.21. The van der Waals surface area contributed by atoms with Crippen molar-refractivity contribution in [2.75, 3.05) is 34.2 Å². The molecule has 0 fully saturated rings. The zero-order valence-corrected chi connectivity index (χ0v) is 10.7. The van der Waals surface area contributed by atoms with Crippen LogP contribution in [0.15, 0.2) is 0 Å². The minimum atomic E-state index is -0.359. The van der Waals surface area contributed by atoms with E-state index in [0.717, 1.165) is 19.5 Å². The summed E-state index contributed by atoms with van der Waals surface area (Å²) in [6.07, 6.45) is 0.939. The summed E-state index contributed by atoms with van der Waals surface area (Å²) < 4.78 is 0. The molecule has 0 rings (SSSR count). The van der Waals surface area contributed by atoms with Crippen molar-refractivity contribution in [3.8, 4) is 0 Å². The van der Waals surface area contributed by atoms with Gasteiger partial charge < -0.3 is 15.5 Å². The Kier molecular flexibility index (Phi) is 6.52. The van der Waals surface area contributed by atoms with E-state index in [4.69, 9.17) is 5.73 Å². The molecule has 0 spiro atoms. The van der Waals surface area contributed by atoms with Gasteiger partial charge in [0.1, 0.15) is 0 Å². The molecule has 4 heteroatoms. The molecule has 0 bridgehead atoms. The smallest absolute Gasteiger partial charge is 0.239 e. The van der Waals surface area contributed by atoms with Gasteiger partial charge in [0.15, 0.2) is 0 Å². The average molecular weight is 215 g/mol. The van der Waals surface area contributed by atoms with Gasteiger partial charge >= 0.3 is 0 Å². The van der Waals surface area contributed by atoms with Crippen molar-refractivity contribution in [1.82, 2.24) is 9.80 Å². The molecule has 0 aromatic carbocycles. The maximum absolute atomic E-state index is 11.8. The van der Waals surface area contributed by atoms with E-state index in [1.54, 1.807) is 4.90 Å². The number of nitrogens with two attached hydrogens (primary N) is 1. The van der Waals surface area contributed by atoms with E-state index in [1.807, 2.05) is 28.1 Å². The van der Waals surface area contributed by atoms with Crippen LogP contribution in [0.3, 0.4) is 0 Å². The van der Waals surface area contributed by atoms with Crippen molar-refractivity contribution >= 4 is 5.91 Å². The SMILES string of the molecule is CCC(C)[C@H](N)C(=O)N(C)CCN(C)C. The third kappa shape index (κ3) is 5.14. The molecule has 2 atom stereocenters. The second-order valence-electron chi connectivity index (χ2n) is 4.47. The van der Waals surface area contributed by atoms with Crippen molar-refractivity contribution < 1.29 is 4.79 Å². The maximum Gasteiger partial charge on any atom is 0.239 e. The van der Waals surface area contributed by atoms with Gasteiger partial charge in [0.05, 0.1) is 6.04 Å². The minimum Gasteiger partial charge on any atom is -0.343 e. The Bertz CT molecular complexity index is 194. The lowest BCUT2D eigenvalue weighted by Gasteiger charge is -2.25. The molecular formula is C11H25N3O. The maximum atomic E-state index is 11.8. The molecular weight excluding hydrogens is 190 g/mol. The summed E-state index contributed by atoms with van der Waals surface area (Å²) in [4.78, 5) is 15.6. The van der Waals surface area contributed by atoms with Crippen molar-refractivity contribution in [3.63, 3.8) is 0 Å². The quantitative estimate of drug-likeness (QED) is 0.697. The predicted molar refractivity (Wildman–Crippen MR) is 63.6 cm³/mol. The number of carbonyl (C=O) groups excluding carboxylic acids is 1. The first-order valence-corrected chi connectivity index (χ1v) is 5.55. The molecule has 2 N–H and O–H groups in total. The topological polar surface area (TPSA) is 49.6 Å². The lowest BCUT2D eigenvalue weighted by molar-refractivity contribution is -0.132. The number of amides is 1. The second-order valence-corrected chi connectivity index (χ2v) is 4.47. The lowest BCUT2D eigenvalue weighted by atomic mass is 9.99. The van der Waals surface area contributed by atoms with Crippen LogP contribution < -0.4 is 5.73 Å². The van der Waals surface area contributed by atoms with Crippen LogP contribution in [0.25, 0.3) is 0 Å². The number of carbonyl (C=O) groups is 1. The molecule has 1 unspecified atom stereocenters. The highest BCUT2D eigenvalue weighted by Crippen LogP contribution is 2.07. The first-order chi connectivity index (χ1) is 6.90. The summed E-state index contributed by atoms with van der Waals surface area (Å²) in [5.41, 5.74) is 5.87. The van der Waals surface area contributed by atoms with Gasteiger partial charge in [-0.2, -0.15) is 0 Å². The summed E-state index contributed by atoms with van der Waals surface area (Å²) in [5.74, 6) is 0.297. The van der Waals surface area contributed by atoms with Crippen LogP contribution in [0.1, 0.15) is 20.3 Å². The molecule has 0 saturated carbocycles. The molecule has 0 aromatic rings. The molecule has 0 saturated heterocycles. The Balaban J connectivity index is 4.07. The van der Waals surface area contributed by atoms with Gasteiger partial charge in [-0.05, 0) is 20.0 Å². The number of hydrogen-bond donors (Lipinski definition) is 1. The summed E-state index contributed by atoms with van der Waals surface area (Å²) in [6, 6.07) is -0.359. The molecule has 0 heterocycles.